The first-order valence-corrected chi connectivity index (χ1v) is 6.09. The van der Waals surface area contributed by atoms with E-state index in [-0.39, 0.29) is 11.7 Å². The van der Waals surface area contributed by atoms with E-state index in [1.165, 1.54) is 23.6 Å². The molecule has 2 rings (SSSR count). The molecule has 1 aliphatic rings. The van der Waals surface area contributed by atoms with Crippen LogP contribution in [0.5, 0.6) is 0 Å². The Morgan fingerprint density at radius 3 is 2.44 bits per heavy atom. The molecule has 0 atom stereocenters. The minimum atomic E-state index is -0.00873. The molecule has 0 radical (unpaired) electrons. The molecule has 1 heterocycles. The highest BCUT2D eigenvalue weighted by Gasteiger charge is 2.27. The lowest BCUT2D eigenvalue weighted by Gasteiger charge is -2.14. The number of Topliss-reactive ketones (excluding diaryl/α,β-unsaturated/α-hetero) is 1. The minimum Gasteiger partial charge on any atom is -0.295 e. The number of thioether (sulfide) groups is 1. The maximum absolute atomic E-state index is 11.6. The van der Waals surface area contributed by atoms with Gasteiger partial charge in [0.2, 0.25) is 5.91 Å². The van der Waals surface area contributed by atoms with E-state index in [4.69, 9.17) is 12.2 Å². The summed E-state index contributed by atoms with van der Waals surface area (Å²) in [6, 6.07) is 6.90. The van der Waals surface area contributed by atoms with Crippen LogP contribution in [0, 0.1) is 0 Å². The number of hydrogen-bond donors (Lipinski definition) is 0. The lowest BCUT2D eigenvalue weighted by atomic mass is 10.1. The summed E-state index contributed by atoms with van der Waals surface area (Å²) < 4.78 is 0.570. The standard InChI is InChI=1S/C11H9NO2S2/c1-7(13)8-2-4-9(5-3-8)12-10(14)6-16-11(12)15/h2-5H,6H2,1H3. The second-order valence-corrected chi connectivity index (χ2v) is 5.00. The summed E-state index contributed by atoms with van der Waals surface area (Å²) in [5.74, 6) is 0.398. The predicted molar refractivity (Wildman–Crippen MR) is 69.0 cm³/mol. The van der Waals surface area contributed by atoms with Gasteiger partial charge in [-0.3, -0.25) is 14.5 Å². The summed E-state index contributed by atoms with van der Waals surface area (Å²) in [6.07, 6.45) is 0. The van der Waals surface area contributed by atoms with Crippen molar-refractivity contribution in [1.29, 1.82) is 0 Å². The molecule has 1 amide bonds. The summed E-state index contributed by atoms with van der Waals surface area (Å²) in [4.78, 5) is 24.2. The van der Waals surface area contributed by atoms with E-state index in [1.54, 1.807) is 24.3 Å². The number of amides is 1. The first-order valence-electron chi connectivity index (χ1n) is 4.70. The van der Waals surface area contributed by atoms with Gasteiger partial charge in [0.1, 0.15) is 4.32 Å². The number of benzene rings is 1. The fraction of sp³-hybridized carbons (Fsp3) is 0.182. The van der Waals surface area contributed by atoms with Crippen molar-refractivity contribution in [3.8, 4) is 0 Å². The van der Waals surface area contributed by atoms with Crippen LogP contribution < -0.4 is 4.90 Å². The van der Waals surface area contributed by atoms with Gasteiger partial charge >= 0.3 is 0 Å². The fourth-order valence-electron chi connectivity index (χ4n) is 1.45. The number of nitrogens with zero attached hydrogens (tertiary/aromatic N) is 1. The Labute approximate surface area is 103 Å². The van der Waals surface area contributed by atoms with Crippen LogP contribution in [0.15, 0.2) is 24.3 Å². The fourth-order valence-corrected chi connectivity index (χ4v) is 2.55. The molecule has 0 saturated carbocycles. The lowest BCUT2D eigenvalue weighted by Crippen LogP contribution is -2.27. The van der Waals surface area contributed by atoms with Gasteiger partial charge in [-0.1, -0.05) is 24.0 Å². The van der Waals surface area contributed by atoms with Crippen molar-refractivity contribution in [3.63, 3.8) is 0 Å². The predicted octanol–water partition coefficient (Wildman–Crippen LogP) is 2.25. The molecule has 3 nitrogen and oxygen atoms in total. The van der Waals surface area contributed by atoms with E-state index >= 15 is 0 Å². The molecule has 1 fully saturated rings. The zero-order chi connectivity index (χ0) is 11.7. The summed E-state index contributed by atoms with van der Waals surface area (Å²) in [5.41, 5.74) is 1.36. The zero-order valence-electron chi connectivity index (χ0n) is 8.60. The zero-order valence-corrected chi connectivity index (χ0v) is 10.2. The highest BCUT2D eigenvalue weighted by molar-refractivity contribution is 8.24. The van der Waals surface area contributed by atoms with Gasteiger partial charge in [-0.05, 0) is 31.2 Å². The Balaban J connectivity index is 2.31. The molecule has 16 heavy (non-hydrogen) atoms. The van der Waals surface area contributed by atoms with Gasteiger partial charge < -0.3 is 0 Å². The van der Waals surface area contributed by atoms with E-state index in [0.29, 0.717) is 15.6 Å². The Morgan fingerprint density at radius 2 is 2.00 bits per heavy atom. The third-order valence-electron chi connectivity index (χ3n) is 2.28. The first kappa shape index (κ1) is 11.3. The minimum absolute atomic E-state index is 0.00873. The van der Waals surface area contributed by atoms with Crippen molar-refractivity contribution in [1.82, 2.24) is 0 Å². The van der Waals surface area contributed by atoms with Gasteiger partial charge in [0.25, 0.3) is 0 Å². The van der Waals surface area contributed by atoms with Crippen LogP contribution in [-0.2, 0) is 4.79 Å². The van der Waals surface area contributed by atoms with Crippen molar-refractivity contribution in [2.24, 2.45) is 0 Å². The molecule has 0 aliphatic carbocycles. The van der Waals surface area contributed by atoms with Crippen LogP contribution in [0.1, 0.15) is 17.3 Å². The largest absolute Gasteiger partial charge is 0.295 e. The molecule has 0 N–H and O–H groups in total. The third-order valence-corrected chi connectivity index (χ3v) is 3.64. The Hall–Kier alpha value is -1.20. The molecule has 0 unspecified atom stereocenters. The first-order chi connectivity index (χ1) is 7.59. The Kier molecular flexibility index (Phi) is 3.07. The second-order valence-electron chi connectivity index (χ2n) is 3.39. The second kappa shape index (κ2) is 4.35. The van der Waals surface area contributed by atoms with E-state index < -0.39 is 0 Å². The average molecular weight is 251 g/mol. The van der Waals surface area contributed by atoms with Crippen molar-refractivity contribution < 1.29 is 9.59 Å². The number of anilines is 1. The quantitative estimate of drug-likeness (QED) is 0.597. The third kappa shape index (κ3) is 2.01. The highest BCUT2D eigenvalue weighted by Crippen LogP contribution is 2.26. The lowest BCUT2D eigenvalue weighted by molar-refractivity contribution is -0.115. The number of ketones is 1. The molecular formula is C11H9NO2S2. The van der Waals surface area contributed by atoms with E-state index in [9.17, 15) is 9.59 Å². The summed E-state index contributed by atoms with van der Waals surface area (Å²) in [6.45, 7) is 1.51. The van der Waals surface area contributed by atoms with Crippen molar-refractivity contribution in [2.75, 3.05) is 10.7 Å². The van der Waals surface area contributed by atoms with Crippen LogP contribution in [0.3, 0.4) is 0 Å². The normalized spacial score (nSPS) is 15.7. The highest BCUT2D eigenvalue weighted by atomic mass is 32.2. The maximum atomic E-state index is 11.6. The summed E-state index contributed by atoms with van der Waals surface area (Å²) in [5, 5.41) is 0. The summed E-state index contributed by atoms with van der Waals surface area (Å²) in [7, 11) is 0. The van der Waals surface area contributed by atoms with Crippen molar-refractivity contribution >= 4 is 45.7 Å². The Bertz CT molecular complexity index is 451. The monoisotopic (exact) mass is 251 g/mol. The van der Waals surface area contributed by atoms with E-state index in [2.05, 4.69) is 0 Å². The van der Waals surface area contributed by atoms with Crippen LogP contribution in [0.25, 0.3) is 0 Å². The molecule has 0 aromatic heterocycles. The summed E-state index contributed by atoms with van der Waals surface area (Å²) >= 11 is 6.44. The molecule has 1 saturated heterocycles. The molecule has 0 bridgehead atoms. The number of thiocarbonyl (C=S) groups is 1. The number of rotatable bonds is 2. The van der Waals surface area contributed by atoms with Crippen molar-refractivity contribution in [2.45, 2.75) is 6.92 Å². The molecule has 1 aliphatic heterocycles. The number of carbonyl (C=O) groups is 2. The molecule has 82 valence electrons. The number of carbonyl (C=O) groups excluding carboxylic acids is 2. The number of hydrogen-bond acceptors (Lipinski definition) is 4. The van der Waals surface area contributed by atoms with Gasteiger partial charge in [0.15, 0.2) is 5.78 Å². The van der Waals surface area contributed by atoms with Crippen LogP contribution in [-0.4, -0.2) is 21.8 Å². The molecular weight excluding hydrogens is 242 g/mol. The van der Waals surface area contributed by atoms with Crippen LogP contribution >= 0.6 is 24.0 Å². The Morgan fingerprint density at radius 1 is 1.38 bits per heavy atom. The SMILES string of the molecule is CC(=O)c1ccc(N2C(=O)CSC2=S)cc1. The van der Waals surface area contributed by atoms with E-state index in [0.717, 1.165) is 5.69 Å². The van der Waals surface area contributed by atoms with Crippen LogP contribution in [0.2, 0.25) is 0 Å². The molecule has 5 heteroatoms. The van der Waals surface area contributed by atoms with Gasteiger partial charge in [-0.2, -0.15) is 0 Å². The molecule has 0 spiro atoms. The van der Waals surface area contributed by atoms with Gasteiger partial charge in [-0.25, -0.2) is 0 Å². The maximum Gasteiger partial charge on any atom is 0.243 e. The van der Waals surface area contributed by atoms with E-state index in [1.807, 2.05) is 0 Å². The van der Waals surface area contributed by atoms with Gasteiger partial charge in [0.05, 0.1) is 11.4 Å². The average Bonchev–Trinajstić information content (AvgIpc) is 2.59. The van der Waals surface area contributed by atoms with Crippen molar-refractivity contribution in [3.05, 3.63) is 29.8 Å². The van der Waals surface area contributed by atoms with Gasteiger partial charge in [0, 0.05) is 5.56 Å². The topological polar surface area (TPSA) is 37.4 Å². The molecule has 1 aromatic carbocycles. The molecule has 1 aromatic rings. The van der Waals surface area contributed by atoms with Crippen LogP contribution in [0.4, 0.5) is 5.69 Å². The van der Waals surface area contributed by atoms with Gasteiger partial charge in [-0.15, -0.1) is 0 Å². The smallest absolute Gasteiger partial charge is 0.243 e.